The van der Waals surface area contributed by atoms with E-state index in [0.717, 1.165) is 6.08 Å². The zero-order valence-electron chi connectivity index (χ0n) is 7.98. The lowest BCUT2D eigenvalue weighted by Gasteiger charge is -1.95. The Hall–Kier alpha value is -1.49. The van der Waals surface area contributed by atoms with Crippen molar-refractivity contribution in [3.05, 3.63) is 41.6 Å². The lowest BCUT2D eigenvalue weighted by molar-refractivity contribution is -0.134. The minimum absolute atomic E-state index is 0.396. The van der Waals surface area contributed by atoms with Crippen LogP contribution in [0.5, 0.6) is 0 Å². The topological polar surface area (TPSA) is 43.4 Å². The number of esters is 1. The van der Waals surface area contributed by atoms with Crippen molar-refractivity contribution in [3.63, 3.8) is 0 Å². The molecule has 0 spiro atoms. The van der Waals surface area contributed by atoms with Gasteiger partial charge < -0.3 is 4.74 Å². The van der Waals surface area contributed by atoms with Gasteiger partial charge in [-0.25, -0.2) is 13.4 Å². The normalized spacial score (nSPS) is 12.7. The van der Waals surface area contributed by atoms with Crippen molar-refractivity contribution < 1.29 is 18.1 Å². The van der Waals surface area contributed by atoms with Crippen molar-refractivity contribution in [1.29, 1.82) is 0 Å². The second kappa shape index (κ2) is 5.41. The zero-order chi connectivity index (χ0) is 11.3. The highest BCUT2D eigenvalue weighted by molar-refractivity contribution is 7.88. The molecule has 0 heterocycles. The molecule has 80 valence electrons. The summed E-state index contributed by atoms with van der Waals surface area (Å²) in [6, 6.07) is 5.21. The standard InChI is InChI=1S/C10H9FO3S/c1-14-10(12)6-7-15(13)9-4-2-8(11)3-5-9/h2-7H,1H3/b7-6+. The number of rotatable bonds is 3. The van der Waals surface area contributed by atoms with Gasteiger partial charge in [-0.05, 0) is 24.3 Å². The summed E-state index contributed by atoms with van der Waals surface area (Å²) in [7, 11) is -0.232. The summed E-state index contributed by atoms with van der Waals surface area (Å²) < 4.78 is 28.3. The molecular weight excluding hydrogens is 219 g/mol. The maximum Gasteiger partial charge on any atom is 0.331 e. The summed E-state index contributed by atoms with van der Waals surface area (Å²) in [6.07, 6.45) is 1.07. The maximum absolute atomic E-state index is 12.5. The highest BCUT2D eigenvalue weighted by Gasteiger charge is 2.00. The van der Waals surface area contributed by atoms with Gasteiger partial charge in [-0.2, -0.15) is 0 Å². The molecule has 15 heavy (non-hydrogen) atoms. The van der Waals surface area contributed by atoms with Crippen LogP contribution >= 0.6 is 0 Å². The minimum Gasteiger partial charge on any atom is -0.466 e. The monoisotopic (exact) mass is 228 g/mol. The van der Waals surface area contributed by atoms with Crippen molar-refractivity contribution in [1.82, 2.24) is 0 Å². The number of hydrogen-bond donors (Lipinski definition) is 0. The van der Waals surface area contributed by atoms with E-state index >= 15 is 0 Å². The summed E-state index contributed by atoms with van der Waals surface area (Å²) in [5.74, 6) is -0.974. The molecule has 1 aromatic carbocycles. The Bertz CT molecular complexity index is 398. The van der Waals surface area contributed by atoms with Crippen LogP contribution in [-0.4, -0.2) is 17.3 Å². The summed E-state index contributed by atoms with van der Waals surface area (Å²) in [4.78, 5) is 11.1. The van der Waals surface area contributed by atoms with E-state index in [1.54, 1.807) is 0 Å². The van der Waals surface area contributed by atoms with Gasteiger partial charge in [-0.3, -0.25) is 0 Å². The van der Waals surface area contributed by atoms with Crippen LogP contribution in [0.1, 0.15) is 0 Å². The third-order valence-electron chi connectivity index (χ3n) is 1.57. The minimum atomic E-state index is -1.46. The number of methoxy groups -OCH3 is 1. The average molecular weight is 228 g/mol. The SMILES string of the molecule is COC(=O)/C=C/S(=O)c1ccc(F)cc1. The second-order valence-corrected chi connectivity index (χ2v) is 3.92. The molecule has 1 unspecified atom stereocenters. The molecule has 1 rings (SSSR count). The predicted octanol–water partition coefficient (Wildman–Crippen LogP) is 1.62. The van der Waals surface area contributed by atoms with Crippen molar-refractivity contribution >= 4 is 16.8 Å². The molecule has 1 atom stereocenters. The number of carbonyl (C=O) groups is 1. The molecule has 0 radical (unpaired) electrons. The van der Waals surface area contributed by atoms with Crippen LogP contribution < -0.4 is 0 Å². The molecule has 0 amide bonds. The van der Waals surface area contributed by atoms with Gasteiger partial charge in [0, 0.05) is 16.4 Å². The van der Waals surface area contributed by atoms with E-state index in [9.17, 15) is 13.4 Å². The first-order chi connectivity index (χ1) is 7.13. The van der Waals surface area contributed by atoms with E-state index in [4.69, 9.17) is 0 Å². The Morgan fingerprint density at radius 1 is 1.40 bits per heavy atom. The van der Waals surface area contributed by atoms with Crippen LogP contribution in [-0.2, 0) is 20.3 Å². The van der Waals surface area contributed by atoms with Gasteiger partial charge in [0.05, 0.1) is 17.9 Å². The fourth-order valence-corrected chi connectivity index (χ4v) is 1.63. The Kier molecular flexibility index (Phi) is 4.17. The van der Waals surface area contributed by atoms with Crippen LogP contribution in [0.2, 0.25) is 0 Å². The predicted molar refractivity (Wildman–Crippen MR) is 54.0 cm³/mol. The van der Waals surface area contributed by atoms with E-state index in [1.807, 2.05) is 0 Å². The van der Waals surface area contributed by atoms with Crippen LogP contribution in [0, 0.1) is 5.82 Å². The summed E-state index contributed by atoms with van der Waals surface area (Å²) in [5, 5.41) is 1.19. The van der Waals surface area contributed by atoms with Gasteiger partial charge >= 0.3 is 5.97 Å². The molecule has 1 aromatic rings. The zero-order valence-corrected chi connectivity index (χ0v) is 8.79. The molecule has 0 fully saturated rings. The van der Waals surface area contributed by atoms with Crippen molar-refractivity contribution in [2.24, 2.45) is 0 Å². The smallest absolute Gasteiger partial charge is 0.331 e. The largest absolute Gasteiger partial charge is 0.466 e. The molecule has 3 nitrogen and oxygen atoms in total. The fraction of sp³-hybridized carbons (Fsp3) is 0.100. The molecule has 0 aliphatic heterocycles. The lowest BCUT2D eigenvalue weighted by atomic mass is 10.4. The third kappa shape index (κ3) is 3.63. The van der Waals surface area contributed by atoms with Crippen LogP contribution in [0.4, 0.5) is 4.39 Å². The number of hydrogen-bond acceptors (Lipinski definition) is 3. The maximum atomic E-state index is 12.5. The molecular formula is C10H9FO3S. The van der Waals surface area contributed by atoms with Gasteiger partial charge in [0.15, 0.2) is 0 Å². The highest BCUT2D eigenvalue weighted by atomic mass is 32.2. The van der Waals surface area contributed by atoms with Gasteiger partial charge in [0.2, 0.25) is 0 Å². The first kappa shape index (κ1) is 11.6. The third-order valence-corrected chi connectivity index (χ3v) is 2.69. The highest BCUT2D eigenvalue weighted by Crippen LogP contribution is 2.08. The van der Waals surface area contributed by atoms with Gasteiger partial charge in [0.1, 0.15) is 5.82 Å². The molecule has 0 saturated heterocycles. The van der Waals surface area contributed by atoms with E-state index in [1.165, 1.54) is 36.8 Å². The molecule has 0 aliphatic rings. The molecule has 0 saturated carbocycles. The van der Waals surface area contributed by atoms with E-state index in [-0.39, 0.29) is 0 Å². The first-order valence-electron chi connectivity index (χ1n) is 4.06. The average Bonchev–Trinajstić information content (AvgIpc) is 2.26. The van der Waals surface area contributed by atoms with Gasteiger partial charge in [-0.15, -0.1) is 0 Å². The number of carbonyl (C=O) groups excluding carboxylic acids is 1. The Labute approximate surface area is 89.0 Å². The number of benzene rings is 1. The Morgan fingerprint density at radius 2 is 2.00 bits per heavy atom. The van der Waals surface area contributed by atoms with Gasteiger partial charge in [0.25, 0.3) is 0 Å². The van der Waals surface area contributed by atoms with E-state index in [0.29, 0.717) is 4.90 Å². The summed E-state index contributed by atoms with van der Waals surface area (Å²) in [5.41, 5.74) is 0. The lowest BCUT2D eigenvalue weighted by Crippen LogP contribution is -1.95. The van der Waals surface area contributed by atoms with Gasteiger partial charge in [-0.1, -0.05) is 0 Å². The molecule has 0 N–H and O–H groups in total. The summed E-state index contributed by atoms with van der Waals surface area (Å²) in [6.45, 7) is 0. The number of ether oxygens (including phenoxy) is 1. The molecule has 0 aromatic heterocycles. The van der Waals surface area contributed by atoms with E-state index in [2.05, 4.69) is 4.74 Å². The first-order valence-corrected chi connectivity index (χ1v) is 5.27. The van der Waals surface area contributed by atoms with Crippen molar-refractivity contribution in [3.8, 4) is 0 Å². The van der Waals surface area contributed by atoms with Crippen LogP contribution in [0.15, 0.2) is 40.6 Å². The number of halogens is 1. The summed E-state index contributed by atoms with van der Waals surface area (Å²) >= 11 is 0. The quantitative estimate of drug-likeness (QED) is 0.583. The molecule has 0 bridgehead atoms. The van der Waals surface area contributed by atoms with E-state index < -0.39 is 22.6 Å². The van der Waals surface area contributed by atoms with Crippen LogP contribution in [0.3, 0.4) is 0 Å². The van der Waals surface area contributed by atoms with Crippen molar-refractivity contribution in [2.45, 2.75) is 4.90 Å². The Balaban J connectivity index is 2.73. The van der Waals surface area contributed by atoms with Crippen molar-refractivity contribution in [2.75, 3.05) is 7.11 Å². The molecule has 0 aliphatic carbocycles. The molecule has 5 heteroatoms. The fourth-order valence-electron chi connectivity index (χ4n) is 0.833. The second-order valence-electron chi connectivity index (χ2n) is 2.58. The Morgan fingerprint density at radius 3 is 2.53 bits per heavy atom. The van der Waals surface area contributed by atoms with Crippen LogP contribution in [0.25, 0.3) is 0 Å².